The Kier molecular flexibility index (Phi) is 2.59. The minimum absolute atomic E-state index is 0.810. The van der Waals surface area contributed by atoms with Crippen molar-refractivity contribution in [3.8, 4) is 0 Å². The Morgan fingerprint density at radius 2 is 2.00 bits per heavy atom. The summed E-state index contributed by atoms with van der Waals surface area (Å²) < 4.78 is 2.03. The Balaban J connectivity index is 1.97. The second kappa shape index (κ2) is 4.26. The fraction of sp³-hybridized carbons (Fsp3) is 0.200. The molecule has 90 valence electrons. The van der Waals surface area contributed by atoms with E-state index in [4.69, 9.17) is 0 Å². The molecule has 2 heterocycles. The van der Waals surface area contributed by atoms with Gasteiger partial charge in [-0.3, -0.25) is 9.67 Å². The molecule has 0 aliphatic carbocycles. The van der Waals surface area contributed by atoms with E-state index in [1.54, 1.807) is 0 Å². The van der Waals surface area contributed by atoms with Crippen LogP contribution < -0.4 is 0 Å². The normalized spacial score (nSPS) is 11.0. The minimum Gasteiger partial charge on any atom is -0.265 e. The van der Waals surface area contributed by atoms with E-state index in [1.807, 2.05) is 23.9 Å². The Hall–Kier alpha value is -2.16. The highest BCUT2D eigenvalue weighted by molar-refractivity contribution is 5.78. The molecule has 0 fully saturated rings. The zero-order valence-corrected chi connectivity index (χ0v) is 10.6. The van der Waals surface area contributed by atoms with Crippen LogP contribution in [0.4, 0.5) is 0 Å². The van der Waals surface area contributed by atoms with Crippen LogP contribution in [0.3, 0.4) is 0 Å². The highest BCUT2D eigenvalue weighted by Crippen LogP contribution is 2.15. The van der Waals surface area contributed by atoms with Gasteiger partial charge in [-0.1, -0.05) is 12.1 Å². The van der Waals surface area contributed by atoms with E-state index in [9.17, 15) is 0 Å². The average molecular weight is 237 g/mol. The fourth-order valence-corrected chi connectivity index (χ4v) is 2.23. The summed E-state index contributed by atoms with van der Waals surface area (Å²) in [6, 6.07) is 12.5. The Bertz CT molecular complexity index is 698. The lowest BCUT2D eigenvalue weighted by Gasteiger charge is -2.05. The van der Waals surface area contributed by atoms with Gasteiger partial charge in [0.05, 0.1) is 17.8 Å². The molecule has 0 aliphatic heterocycles. The van der Waals surface area contributed by atoms with Gasteiger partial charge in [0.1, 0.15) is 0 Å². The Morgan fingerprint density at radius 1 is 1.11 bits per heavy atom. The van der Waals surface area contributed by atoms with Crippen molar-refractivity contribution in [2.24, 2.45) is 0 Å². The molecule has 0 unspecified atom stereocenters. The van der Waals surface area contributed by atoms with Crippen LogP contribution >= 0.6 is 0 Å². The Labute approximate surface area is 106 Å². The average Bonchev–Trinajstić information content (AvgIpc) is 2.68. The van der Waals surface area contributed by atoms with Gasteiger partial charge in [-0.2, -0.15) is 5.10 Å². The summed E-state index contributed by atoms with van der Waals surface area (Å²) >= 11 is 0. The van der Waals surface area contributed by atoms with Crippen LogP contribution in [0, 0.1) is 13.8 Å². The van der Waals surface area contributed by atoms with E-state index in [0.717, 1.165) is 17.8 Å². The minimum atomic E-state index is 0.810. The summed E-state index contributed by atoms with van der Waals surface area (Å²) in [5.41, 5.74) is 4.55. The second-order valence-electron chi connectivity index (χ2n) is 4.62. The molecule has 18 heavy (non-hydrogen) atoms. The lowest BCUT2D eigenvalue weighted by Crippen LogP contribution is -2.03. The van der Waals surface area contributed by atoms with Gasteiger partial charge in [-0.25, -0.2) is 0 Å². The molecule has 0 aliphatic rings. The third-order valence-electron chi connectivity index (χ3n) is 3.10. The van der Waals surface area contributed by atoms with E-state index in [-0.39, 0.29) is 0 Å². The number of nitrogens with zero attached hydrogens (tertiary/aromatic N) is 3. The van der Waals surface area contributed by atoms with Gasteiger partial charge in [0.15, 0.2) is 0 Å². The molecular weight excluding hydrogens is 222 g/mol. The van der Waals surface area contributed by atoms with Gasteiger partial charge < -0.3 is 0 Å². The SMILES string of the molecule is Cc1cc(C)n(Cc2ccc3ncccc3c2)n1. The maximum absolute atomic E-state index is 4.49. The summed E-state index contributed by atoms with van der Waals surface area (Å²) in [5.74, 6) is 0. The highest BCUT2D eigenvalue weighted by atomic mass is 15.3. The number of aryl methyl sites for hydroxylation is 2. The van der Waals surface area contributed by atoms with Gasteiger partial charge in [-0.05, 0) is 43.7 Å². The van der Waals surface area contributed by atoms with Gasteiger partial charge in [0.2, 0.25) is 0 Å². The molecule has 0 bridgehead atoms. The van der Waals surface area contributed by atoms with E-state index < -0.39 is 0 Å². The smallest absolute Gasteiger partial charge is 0.0702 e. The lowest BCUT2D eigenvalue weighted by molar-refractivity contribution is 0.659. The predicted octanol–water partition coefficient (Wildman–Crippen LogP) is 3.10. The molecule has 3 nitrogen and oxygen atoms in total. The first kappa shape index (κ1) is 11.0. The standard InChI is InChI=1S/C15H15N3/c1-11-8-12(2)18(17-11)10-13-5-6-15-14(9-13)4-3-7-16-15/h3-9H,10H2,1-2H3. The van der Waals surface area contributed by atoms with Crippen LogP contribution in [-0.2, 0) is 6.54 Å². The van der Waals surface area contributed by atoms with E-state index in [0.29, 0.717) is 0 Å². The highest BCUT2D eigenvalue weighted by Gasteiger charge is 2.03. The molecule has 2 aromatic heterocycles. The quantitative estimate of drug-likeness (QED) is 0.685. The zero-order valence-electron chi connectivity index (χ0n) is 10.6. The first-order valence-electron chi connectivity index (χ1n) is 6.07. The number of aromatic nitrogens is 3. The molecule has 0 spiro atoms. The van der Waals surface area contributed by atoms with E-state index in [1.165, 1.54) is 16.6 Å². The number of hydrogen-bond donors (Lipinski definition) is 0. The predicted molar refractivity (Wildman–Crippen MR) is 72.5 cm³/mol. The molecule has 0 saturated carbocycles. The third kappa shape index (κ3) is 1.99. The lowest BCUT2D eigenvalue weighted by atomic mass is 10.1. The molecule has 3 heteroatoms. The molecule has 0 saturated heterocycles. The van der Waals surface area contributed by atoms with Crippen molar-refractivity contribution in [2.45, 2.75) is 20.4 Å². The summed E-state index contributed by atoms with van der Waals surface area (Å²) in [5, 5.41) is 5.66. The van der Waals surface area contributed by atoms with Crippen molar-refractivity contribution >= 4 is 10.9 Å². The van der Waals surface area contributed by atoms with E-state index in [2.05, 4.69) is 47.3 Å². The summed E-state index contributed by atoms with van der Waals surface area (Å²) in [6.45, 7) is 4.92. The number of rotatable bonds is 2. The van der Waals surface area contributed by atoms with Crippen LogP contribution in [0.1, 0.15) is 17.0 Å². The van der Waals surface area contributed by atoms with Crippen molar-refractivity contribution in [1.82, 2.24) is 14.8 Å². The monoisotopic (exact) mass is 237 g/mol. The third-order valence-corrected chi connectivity index (χ3v) is 3.10. The topological polar surface area (TPSA) is 30.7 Å². The summed E-state index contributed by atoms with van der Waals surface area (Å²) in [7, 11) is 0. The first-order chi connectivity index (χ1) is 8.72. The zero-order chi connectivity index (χ0) is 12.5. The molecular formula is C15H15N3. The van der Waals surface area contributed by atoms with Gasteiger partial charge >= 0.3 is 0 Å². The molecule has 3 rings (SSSR count). The first-order valence-corrected chi connectivity index (χ1v) is 6.07. The molecule has 1 aromatic carbocycles. The number of fused-ring (bicyclic) bond motifs is 1. The molecule has 3 aromatic rings. The van der Waals surface area contributed by atoms with Crippen LogP contribution in [0.25, 0.3) is 10.9 Å². The molecule has 0 atom stereocenters. The van der Waals surface area contributed by atoms with Gasteiger partial charge in [0, 0.05) is 17.3 Å². The Morgan fingerprint density at radius 3 is 2.78 bits per heavy atom. The van der Waals surface area contributed by atoms with Crippen LogP contribution in [0.15, 0.2) is 42.6 Å². The van der Waals surface area contributed by atoms with Crippen molar-refractivity contribution < 1.29 is 0 Å². The largest absolute Gasteiger partial charge is 0.265 e. The van der Waals surface area contributed by atoms with E-state index >= 15 is 0 Å². The van der Waals surface area contributed by atoms with Crippen molar-refractivity contribution in [2.75, 3.05) is 0 Å². The van der Waals surface area contributed by atoms with Crippen molar-refractivity contribution in [3.63, 3.8) is 0 Å². The maximum Gasteiger partial charge on any atom is 0.0702 e. The summed E-state index contributed by atoms with van der Waals surface area (Å²) in [4.78, 5) is 4.33. The number of hydrogen-bond acceptors (Lipinski definition) is 2. The van der Waals surface area contributed by atoms with Crippen molar-refractivity contribution in [1.29, 1.82) is 0 Å². The second-order valence-corrected chi connectivity index (χ2v) is 4.62. The summed E-state index contributed by atoms with van der Waals surface area (Å²) in [6.07, 6.45) is 1.82. The van der Waals surface area contributed by atoms with Crippen LogP contribution in [0.5, 0.6) is 0 Å². The van der Waals surface area contributed by atoms with Crippen molar-refractivity contribution in [3.05, 3.63) is 59.5 Å². The van der Waals surface area contributed by atoms with Gasteiger partial charge in [-0.15, -0.1) is 0 Å². The van der Waals surface area contributed by atoms with Crippen LogP contribution in [0.2, 0.25) is 0 Å². The molecule has 0 radical (unpaired) electrons. The number of pyridine rings is 1. The van der Waals surface area contributed by atoms with Gasteiger partial charge in [0.25, 0.3) is 0 Å². The fourth-order valence-electron chi connectivity index (χ4n) is 2.23. The number of benzene rings is 1. The molecule has 0 N–H and O–H groups in total. The molecule has 0 amide bonds. The maximum atomic E-state index is 4.49. The van der Waals surface area contributed by atoms with Crippen LogP contribution in [-0.4, -0.2) is 14.8 Å².